The fourth-order valence-electron chi connectivity index (χ4n) is 3.17. The normalized spacial score (nSPS) is 22.0. The van der Waals surface area contributed by atoms with E-state index in [2.05, 4.69) is 24.8 Å². The summed E-state index contributed by atoms with van der Waals surface area (Å²) >= 11 is 0. The monoisotopic (exact) mass is 305 g/mol. The van der Waals surface area contributed by atoms with Gasteiger partial charge >= 0.3 is 0 Å². The smallest absolute Gasteiger partial charge is 0.264 e. The van der Waals surface area contributed by atoms with Crippen LogP contribution >= 0.6 is 0 Å². The van der Waals surface area contributed by atoms with E-state index in [1.54, 1.807) is 0 Å². The molecule has 5 heteroatoms. The maximum absolute atomic E-state index is 12.6. The number of nitrogens with zero attached hydrogens (tertiary/aromatic N) is 3. The Bertz CT molecular complexity index is 451. The molecule has 5 nitrogen and oxygen atoms in total. The van der Waals surface area contributed by atoms with Crippen molar-refractivity contribution < 1.29 is 9.53 Å². The molecule has 2 rings (SSSR count). The molecule has 122 valence electrons. The molecule has 0 saturated carbocycles. The minimum atomic E-state index is -0.309. The van der Waals surface area contributed by atoms with Crippen LogP contribution in [-0.4, -0.2) is 60.6 Å². The van der Waals surface area contributed by atoms with Crippen molar-refractivity contribution in [2.75, 3.05) is 39.4 Å². The molecule has 0 aromatic rings. The highest BCUT2D eigenvalue weighted by molar-refractivity contribution is 5.97. The third-order valence-electron chi connectivity index (χ3n) is 4.57. The maximum atomic E-state index is 12.6. The standard InChI is InChI=1S/C17H27N3O2/c1-17(2,20-9-11-22-12-10-20)13-15(14-18)16(21)19-7-5-3-4-6-8-19/h13H,3-12H2,1-2H3/b15-13+. The van der Waals surface area contributed by atoms with Crippen molar-refractivity contribution in [3.8, 4) is 6.07 Å². The summed E-state index contributed by atoms with van der Waals surface area (Å²) in [5, 5.41) is 9.45. The number of rotatable bonds is 3. The second-order valence-corrected chi connectivity index (χ2v) is 6.63. The van der Waals surface area contributed by atoms with E-state index in [1.165, 1.54) is 12.8 Å². The van der Waals surface area contributed by atoms with Crippen LogP contribution in [0.25, 0.3) is 0 Å². The summed E-state index contributed by atoms with van der Waals surface area (Å²) in [6.07, 6.45) is 6.27. The molecule has 0 aromatic heterocycles. The highest BCUT2D eigenvalue weighted by Gasteiger charge is 2.29. The molecule has 2 aliphatic rings. The van der Waals surface area contributed by atoms with E-state index in [0.29, 0.717) is 13.2 Å². The van der Waals surface area contributed by atoms with Crippen LogP contribution in [-0.2, 0) is 9.53 Å². The van der Waals surface area contributed by atoms with Gasteiger partial charge in [0.25, 0.3) is 5.91 Å². The molecule has 2 heterocycles. The summed E-state index contributed by atoms with van der Waals surface area (Å²) in [5.74, 6) is -0.106. The molecule has 2 aliphatic heterocycles. The van der Waals surface area contributed by atoms with Gasteiger partial charge in [-0.05, 0) is 32.8 Å². The van der Waals surface area contributed by atoms with E-state index in [4.69, 9.17) is 4.74 Å². The number of ether oxygens (including phenoxy) is 1. The average Bonchev–Trinajstić information content (AvgIpc) is 2.82. The summed E-state index contributed by atoms with van der Waals surface area (Å²) in [6, 6.07) is 2.13. The molecule has 0 aliphatic carbocycles. The molecule has 22 heavy (non-hydrogen) atoms. The Morgan fingerprint density at radius 2 is 1.68 bits per heavy atom. The van der Waals surface area contributed by atoms with E-state index in [9.17, 15) is 10.1 Å². The topological polar surface area (TPSA) is 56.6 Å². The Balaban J connectivity index is 2.11. The predicted molar refractivity (Wildman–Crippen MR) is 85.2 cm³/mol. The average molecular weight is 305 g/mol. The Morgan fingerprint density at radius 3 is 2.23 bits per heavy atom. The Labute approximate surface area is 133 Å². The molecule has 0 bridgehead atoms. The first kappa shape index (κ1) is 17.0. The Morgan fingerprint density at radius 1 is 1.09 bits per heavy atom. The lowest BCUT2D eigenvalue weighted by atomic mass is 9.98. The van der Waals surface area contributed by atoms with Crippen LogP contribution in [0.2, 0.25) is 0 Å². The first-order chi connectivity index (χ1) is 10.5. The second-order valence-electron chi connectivity index (χ2n) is 6.63. The van der Waals surface area contributed by atoms with Crippen LogP contribution in [0.4, 0.5) is 0 Å². The number of amides is 1. The van der Waals surface area contributed by atoms with Crippen molar-refractivity contribution in [2.45, 2.75) is 45.1 Å². The minimum absolute atomic E-state index is 0.106. The van der Waals surface area contributed by atoms with Crippen molar-refractivity contribution >= 4 is 5.91 Å². The van der Waals surface area contributed by atoms with E-state index in [-0.39, 0.29) is 17.0 Å². The van der Waals surface area contributed by atoms with Crippen molar-refractivity contribution in [3.63, 3.8) is 0 Å². The number of carbonyl (C=O) groups excluding carboxylic acids is 1. The largest absolute Gasteiger partial charge is 0.379 e. The first-order valence-electron chi connectivity index (χ1n) is 8.29. The van der Waals surface area contributed by atoms with Crippen LogP contribution in [0.5, 0.6) is 0 Å². The molecular formula is C17H27N3O2. The van der Waals surface area contributed by atoms with Crippen LogP contribution in [0.1, 0.15) is 39.5 Å². The molecule has 0 aromatic carbocycles. The summed E-state index contributed by atoms with van der Waals surface area (Å²) in [4.78, 5) is 16.7. The number of hydrogen-bond donors (Lipinski definition) is 0. The zero-order valence-electron chi connectivity index (χ0n) is 13.8. The number of hydrogen-bond acceptors (Lipinski definition) is 4. The Kier molecular flexibility index (Phi) is 5.98. The highest BCUT2D eigenvalue weighted by Crippen LogP contribution is 2.21. The number of morpholine rings is 1. The first-order valence-corrected chi connectivity index (χ1v) is 8.29. The lowest BCUT2D eigenvalue weighted by Gasteiger charge is -2.39. The van der Waals surface area contributed by atoms with Crippen LogP contribution < -0.4 is 0 Å². The van der Waals surface area contributed by atoms with Gasteiger partial charge in [0.05, 0.1) is 13.2 Å². The summed E-state index contributed by atoms with van der Waals surface area (Å²) in [5.41, 5.74) is -0.0329. The molecule has 0 N–H and O–H groups in total. The molecule has 0 atom stereocenters. The van der Waals surface area contributed by atoms with Gasteiger partial charge in [0.1, 0.15) is 11.6 Å². The number of likely N-dealkylation sites (tertiary alicyclic amines) is 1. The van der Waals surface area contributed by atoms with E-state index >= 15 is 0 Å². The lowest BCUT2D eigenvalue weighted by Crippen LogP contribution is -2.49. The molecule has 2 saturated heterocycles. The van der Waals surface area contributed by atoms with Crippen LogP contribution in [0, 0.1) is 11.3 Å². The maximum Gasteiger partial charge on any atom is 0.264 e. The van der Waals surface area contributed by atoms with E-state index in [1.807, 2.05) is 11.0 Å². The van der Waals surface area contributed by atoms with Gasteiger partial charge in [0, 0.05) is 31.7 Å². The third-order valence-corrected chi connectivity index (χ3v) is 4.57. The summed E-state index contributed by atoms with van der Waals surface area (Å²) in [7, 11) is 0. The van der Waals surface area contributed by atoms with Crippen molar-refractivity contribution in [1.82, 2.24) is 9.80 Å². The zero-order valence-corrected chi connectivity index (χ0v) is 13.8. The highest BCUT2D eigenvalue weighted by atomic mass is 16.5. The van der Waals surface area contributed by atoms with Gasteiger partial charge in [-0.2, -0.15) is 5.26 Å². The van der Waals surface area contributed by atoms with Gasteiger partial charge in [-0.1, -0.05) is 12.8 Å². The van der Waals surface area contributed by atoms with Crippen molar-refractivity contribution in [2.24, 2.45) is 0 Å². The van der Waals surface area contributed by atoms with Crippen LogP contribution in [0.15, 0.2) is 11.6 Å². The fourth-order valence-corrected chi connectivity index (χ4v) is 3.17. The lowest BCUT2D eigenvalue weighted by molar-refractivity contribution is -0.126. The quantitative estimate of drug-likeness (QED) is 0.591. The molecule has 2 fully saturated rings. The van der Waals surface area contributed by atoms with Crippen LogP contribution in [0.3, 0.4) is 0 Å². The SMILES string of the molecule is CC(C)(/C=C(\C#N)C(=O)N1CCCCCC1)N1CCOCC1. The number of nitriles is 1. The van der Waals surface area contributed by atoms with Gasteiger partial charge in [-0.15, -0.1) is 0 Å². The van der Waals surface area contributed by atoms with Gasteiger partial charge in [0.2, 0.25) is 0 Å². The van der Waals surface area contributed by atoms with Gasteiger partial charge < -0.3 is 9.64 Å². The summed E-state index contributed by atoms with van der Waals surface area (Å²) in [6.45, 7) is 8.75. The Hall–Kier alpha value is -1.38. The van der Waals surface area contributed by atoms with E-state index < -0.39 is 0 Å². The molecule has 0 radical (unpaired) electrons. The molecular weight excluding hydrogens is 278 g/mol. The van der Waals surface area contributed by atoms with Gasteiger partial charge in [0.15, 0.2) is 0 Å². The predicted octanol–water partition coefficient (Wildman–Crippen LogP) is 1.95. The summed E-state index contributed by atoms with van der Waals surface area (Å²) < 4.78 is 5.38. The van der Waals surface area contributed by atoms with Gasteiger partial charge in [-0.3, -0.25) is 9.69 Å². The number of carbonyl (C=O) groups is 1. The molecule has 0 unspecified atom stereocenters. The van der Waals surface area contributed by atoms with Gasteiger partial charge in [-0.25, -0.2) is 0 Å². The van der Waals surface area contributed by atoms with Crippen molar-refractivity contribution in [1.29, 1.82) is 5.26 Å². The molecule has 1 amide bonds. The zero-order chi connectivity index (χ0) is 16.0. The second kappa shape index (κ2) is 7.75. The molecule has 0 spiro atoms. The van der Waals surface area contributed by atoms with E-state index in [0.717, 1.165) is 39.0 Å². The minimum Gasteiger partial charge on any atom is -0.379 e. The third kappa shape index (κ3) is 4.31. The fraction of sp³-hybridized carbons (Fsp3) is 0.765. The van der Waals surface area contributed by atoms with Crippen molar-refractivity contribution in [3.05, 3.63) is 11.6 Å².